The molecule has 0 bridgehead atoms. The van der Waals surface area contributed by atoms with Gasteiger partial charge in [0.05, 0.1) is 27.7 Å². The van der Waals surface area contributed by atoms with Gasteiger partial charge in [-0.25, -0.2) is 4.98 Å². The first-order valence-electron chi connectivity index (χ1n) is 34.6. The van der Waals surface area contributed by atoms with Gasteiger partial charge in [-0.15, -0.1) is 29.7 Å². The Morgan fingerprint density at radius 1 is 0.419 bits per heavy atom. The number of fused-ring (bicyclic) bond motifs is 4. The van der Waals surface area contributed by atoms with E-state index in [1.807, 2.05) is 206 Å². The maximum Gasteiger partial charge on any atom is 0.268 e. The Kier molecular flexibility index (Phi) is 10.7. The Bertz CT molecular complexity index is 5420. The molecule has 0 radical (unpaired) electrons. The van der Waals surface area contributed by atoms with Crippen LogP contribution in [0.4, 0.5) is 0 Å². The number of imidazole rings is 1. The number of para-hydroxylation sites is 3. The van der Waals surface area contributed by atoms with E-state index >= 15 is 0 Å². The summed E-state index contributed by atoms with van der Waals surface area (Å²) in [5, 5.41) is 1.27. The van der Waals surface area contributed by atoms with E-state index in [0.29, 0.717) is 94.3 Å². The van der Waals surface area contributed by atoms with Crippen LogP contribution >= 0.6 is 0 Å². The van der Waals surface area contributed by atoms with Gasteiger partial charge < -0.3 is 13.9 Å². The van der Waals surface area contributed by atoms with E-state index in [1.54, 1.807) is 45.5 Å². The molecule has 0 aliphatic rings. The van der Waals surface area contributed by atoms with Gasteiger partial charge in [-0.2, -0.15) is 18.2 Å². The summed E-state index contributed by atoms with van der Waals surface area (Å²) >= 11 is 0. The summed E-state index contributed by atoms with van der Waals surface area (Å²) in [5.41, 5.74) is 7.44. The SMILES string of the molecule is [2H]c1nc(-n2c3[c-]c(Oc4[c-]c(-n5[c-][n+](-c6c(-c7c([2H])c(-c8ccccc8)c([2H])c(-c8ccccc8)c7[2H])cccc6-c6c([2H])c(-c7ccccc7)c([2H])c(-c7ccccc7)c6[2H])c6ccccc65)ccc4)ccc3c3cc(-c4ccccc4)ccc32)c([2H])c(C([2H])([2H])[2H])c1C([2H])([2H])[2H].[Pt]. The average molecular weight is 1300 g/mol. The van der Waals surface area contributed by atoms with E-state index in [9.17, 15) is 9.60 Å². The molecule has 3 heterocycles. The second-order valence-corrected chi connectivity index (χ2v) is 20.4. The molecule has 0 aliphatic carbocycles. The zero-order chi connectivity index (χ0) is 68.8. The van der Waals surface area contributed by atoms with Crippen molar-refractivity contribution in [3.8, 4) is 107 Å². The van der Waals surface area contributed by atoms with E-state index in [1.165, 1.54) is 4.57 Å². The standard InChI is InChI=1S/C80H54N4O.Pt/c1-54-42-79(81-52-55(54)2)84-75-41-38-61(56-22-8-3-9-23-56)49-74(75)73-40-39-70(51-78(73)84)85-69-33-20-32-68(50-69)82-53-83(77-37-19-18-36-76(77)82)80-71(66-45-62(57-24-10-4-11-25-57)43-63(46-66)58-26-12-5-13-27-58)34-21-35-72(80)67-47-64(59-28-14-6-15-29-59)44-65(48-67)60-30-16-7-17-31-60;/h3-49,52H,1-2H3;/q-2;/i1D3,2D3,42D,43D,44D,45D,46D,47D,48D,52D;. The normalized spacial score (nSPS) is 13.9. The fraction of sp³-hybridized carbons (Fsp3) is 0.0250. The van der Waals surface area contributed by atoms with Gasteiger partial charge in [-0.3, -0.25) is 4.57 Å². The molecule has 0 unspecified atom stereocenters. The van der Waals surface area contributed by atoms with Crippen molar-refractivity contribution in [2.24, 2.45) is 0 Å². The van der Waals surface area contributed by atoms with Gasteiger partial charge >= 0.3 is 0 Å². The summed E-state index contributed by atoms with van der Waals surface area (Å²) in [6.07, 6.45) is 2.83. The number of hydrogen-bond donors (Lipinski definition) is 0. The molecule has 3 aromatic heterocycles. The van der Waals surface area contributed by atoms with Crippen LogP contribution in [0, 0.1) is 32.2 Å². The number of ether oxygens (including phenoxy) is 1. The molecule has 0 aliphatic heterocycles. The molecular formula is C80H54N4OPt-2. The smallest absolute Gasteiger partial charge is 0.268 e. The average Bonchev–Trinajstić information content (AvgIpc) is 1.33. The Labute approximate surface area is 534 Å². The van der Waals surface area contributed by atoms with Crippen LogP contribution in [0.1, 0.15) is 30.3 Å². The van der Waals surface area contributed by atoms with Crippen LogP contribution in [0.25, 0.3) is 128 Å². The summed E-state index contributed by atoms with van der Waals surface area (Å²) < 4.78 is 141. The minimum Gasteiger partial charge on any atom is -0.510 e. The maximum absolute atomic E-state index is 10.3. The number of benzene rings is 12. The molecule has 0 fully saturated rings. The monoisotopic (exact) mass is 1300 g/mol. The third-order valence-electron chi connectivity index (χ3n) is 15.1. The van der Waals surface area contributed by atoms with Crippen molar-refractivity contribution in [3.63, 3.8) is 0 Å². The summed E-state index contributed by atoms with van der Waals surface area (Å²) in [6.45, 7) is -6.19. The predicted molar refractivity (Wildman–Crippen MR) is 347 cm³/mol. The maximum atomic E-state index is 10.3. The van der Waals surface area contributed by atoms with Crippen molar-refractivity contribution < 1.29 is 49.6 Å². The number of pyridine rings is 1. The Morgan fingerprint density at radius 3 is 1.48 bits per heavy atom. The van der Waals surface area contributed by atoms with Crippen LogP contribution in [-0.4, -0.2) is 14.1 Å². The fourth-order valence-corrected chi connectivity index (χ4v) is 11.0. The van der Waals surface area contributed by atoms with Crippen molar-refractivity contribution in [2.75, 3.05) is 0 Å². The van der Waals surface area contributed by atoms with Crippen molar-refractivity contribution in [3.05, 3.63) is 321 Å². The number of nitrogens with zero attached hydrogens (tertiary/aromatic N) is 4. The van der Waals surface area contributed by atoms with Crippen molar-refractivity contribution >= 4 is 32.8 Å². The van der Waals surface area contributed by atoms with Crippen LogP contribution in [-0.2, 0) is 21.1 Å². The number of rotatable bonds is 12. The van der Waals surface area contributed by atoms with Crippen molar-refractivity contribution in [1.82, 2.24) is 14.1 Å². The van der Waals surface area contributed by atoms with E-state index in [2.05, 4.69) is 23.4 Å². The quantitative estimate of drug-likeness (QED) is 0.0903. The molecule has 0 amide bonds. The minimum absolute atomic E-state index is 0. The zero-order valence-corrected chi connectivity index (χ0v) is 47.9. The first kappa shape index (κ1) is 39.9. The van der Waals surface area contributed by atoms with Crippen LogP contribution in [0.3, 0.4) is 0 Å². The van der Waals surface area contributed by atoms with Gasteiger partial charge in [0.15, 0.2) is 0 Å². The van der Waals surface area contributed by atoms with Crippen LogP contribution in [0.2, 0.25) is 0 Å². The second-order valence-electron chi connectivity index (χ2n) is 20.4. The third kappa shape index (κ3) is 10.1. The summed E-state index contributed by atoms with van der Waals surface area (Å²) in [5.74, 6) is 0.0777. The van der Waals surface area contributed by atoms with E-state index < -0.39 is 37.0 Å². The molecule has 0 saturated heterocycles. The summed E-state index contributed by atoms with van der Waals surface area (Å²) in [6, 6.07) is 79.7. The van der Waals surface area contributed by atoms with Gasteiger partial charge in [-0.1, -0.05) is 212 Å². The van der Waals surface area contributed by atoms with Crippen LogP contribution in [0.5, 0.6) is 11.5 Å². The molecule has 0 saturated carbocycles. The predicted octanol–water partition coefficient (Wildman–Crippen LogP) is 19.9. The van der Waals surface area contributed by atoms with Crippen LogP contribution < -0.4 is 9.30 Å². The molecule has 15 rings (SSSR count). The Balaban J connectivity index is 0.00000851. The Hall–Kier alpha value is -10.5. The molecule has 0 N–H and O–H groups in total. The molecule has 5 nitrogen and oxygen atoms in total. The first-order valence-corrected chi connectivity index (χ1v) is 27.6. The van der Waals surface area contributed by atoms with Crippen molar-refractivity contribution in [2.45, 2.75) is 13.7 Å². The molecular weight excluding hydrogens is 1230 g/mol. The largest absolute Gasteiger partial charge is 0.510 e. The van der Waals surface area contributed by atoms with E-state index in [0.717, 1.165) is 11.1 Å². The van der Waals surface area contributed by atoms with Gasteiger partial charge in [0.25, 0.3) is 6.33 Å². The van der Waals surface area contributed by atoms with Gasteiger partial charge in [0, 0.05) is 52.5 Å². The number of hydrogen-bond acceptors (Lipinski definition) is 2. The van der Waals surface area contributed by atoms with Crippen LogP contribution in [0.15, 0.2) is 291 Å². The third-order valence-corrected chi connectivity index (χ3v) is 15.1. The van der Waals surface area contributed by atoms with Gasteiger partial charge in [0.1, 0.15) is 5.82 Å². The summed E-state index contributed by atoms with van der Waals surface area (Å²) in [4.78, 5) is 4.38. The van der Waals surface area contributed by atoms with E-state index in [4.69, 9.17) is 14.3 Å². The van der Waals surface area contributed by atoms with Crippen molar-refractivity contribution in [1.29, 1.82) is 0 Å². The van der Waals surface area contributed by atoms with Gasteiger partial charge in [0.2, 0.25) is 0 Å². The van der Waals surface area contributed by atoms with E-state index in [-0.39, 0.29) is 91.3 Å². The first-order chi connectivity index (χ1) is 47.8. The molecule has 12 aromatic carbocycles. The molecule has 412 valence electrons. The second kappa shape index (κ2) is 23.0. The molecule has 6 heteroatoms. The molecule has 0 atom stereocenters. The zero-order valence-electron chi connectivity index (χ0n) is 59.6. The topological polar surface area (TPSA) is 35.9 Å². The van der Waals surface area contributed by atoms with Gasteiger partial charge in [-0.05, 0) is 162 Å². The molecule has 86 heavy (non-hydrogen) atoms. The Morgan fingerprint density at radius 2 is 0.919 bits per heavy atom. The summed E-state index contributed by atoms with van der Waals surface area (Å²) in [7, 11) is 0. The molecule has 0 spiro atoms. The minimum atomic E-state index is -3.12. The fourth-order valence-electron chi connectivity index (χ4n) is 11.0. The number of aromatic nitrogens is 4. The molecule has 15 aromatic rings.